The lowest BCUT2D eigenvalue weighted by atomic mass is 9.96. The molecule has 6 heterocycles. The van der Waals surface area contributed by atoms with Crippen LogP contribution in [0.1, 0.15) is 24.8 Å². The fourth-order valence-corrected chi connectivity index (χ4v) is 10.3. The zero-order valence-corrected chi connectivity index (χ0v) is 45.8. The molecule has 5 amide bonds. The number of carbonyl (C=O) groups excluding carboxylic acids is 5. The van der Waals surface area contributed by atoms with Gasteiger partial charge in [0.25, 0.3) is 0 Å². The molecule has 23 atom stereocenters. The van der Waals surface area contributed by atoms with E-state index in [4.69, 9.17) is 48.7 Å². The molecule has 2 aromatic rings. The van der Waals surface area contributed by atoms with E-state index in [1.807, 2.05) is 5.32 Å². The van der Waals surface area contributed by atoms with E-state index in [0.717, 1.165) is 4.90 Å². The van der Waals surface area contributed by atoms with Crippen molar-refractivity contribution in [2.24, 2.45) is 5.73 Å². The largest absolute Gasteiger partial charge is 0.481 e. The second-order valence-electron chi connectivity index (χ2n) is 21.0. The monoisotopic (exact) mass is 1250 g/mol. The van der Waals surface area contributed by atoms with Gasteiger partial charge in [0.2, 0.25) is 29.5 Å². The molecule has 486 valence electrons. The van der Waals surface area contributed by atoms with Gasteiger partial charge in [-0.1, -0.05) is 18.2 Å². The van der Waals surface area contributed by atoms with E-state index < -0.39 is 234 Å². The highest BCUT2D eigenvalue weighted by atomic mass is 16.8. The number of hydrogen-bond acceptors (Lipinski definition) is 28. The molecule has 5 aliphatic rings. The molecule has 0 spiro atoms. The number of fused-ring (bicyclic) bond motifs is 1. The number of aromatic nitrogens is 1. The van der Waals surface area contributed by atoms with Gasteiger partial charge in [-0.3, -0.25) is 33.6 Å². The Morgan fingerprint density at radius 3 is 1.87 bits per heavy atom. The lowest BCUT2D eigenvalue weighted by molar-refractivity contribution is -0.385. The van der Waals surface area contributed by atoms with Crippen LogP contribution in [0.2, 0.25) is 0 Å². The number of amides is 5. The van der Waals surface area contributed by atoms with E-state index in [1.165, 1.54) is 0 Å². The van der Waals surface area contributed by atoms with Crippen molar-refractivity contribution in [3.63, 3.8) is 0 Å². The number of aliphatic hydroxyl groups is 11. The summed E-state index contributed by atoms with van der Waals surface area (Å²) in [4.78, 5) is 106. The fraction of sp³-hybridized carbons (Fsp3) is 0.680. The molecule has 5 aliphatic heterocycles. The van der Waals surface area contributed by atoms with Gasteiger partial charge in [0.05, 0.1) is 39.4 Å². The number of rotatable bonds is 26. The third-order valence-corrected chi connectivity index (χ3v) is 15.0. The molecule has 0 radical (unpaired) electrons. The number of nitrogens with one attached hydrogen (secondary N) is 5. The Labute approximate surface area is 490 Å². The number of carboxylic acid groups (broad SMARTS) is 3. The quantitative estimate of drug-likeness (QED) is 0.0416. The maximum atomic E-state index is 14.4. The van der Waals surface area contributed by atoms with Crippen LogP contribution in [0.3, 0.4) is 0 Å². The molecular formula is C50H71N7O30. The number of carboxylic acids is 3. The summed E-state index contributed by atoms with van der Waals surface area (Å²) in [6.45, 7) is -5.04. The summed E-state index contributed by atoms with van der Waals surface area (Å²) in [5.41, 5.74) is 7.29. The van der Waals surface area contributed by atoms with Gasteiger partial charge in [-0.15, -0.1) is 0 Å². The van der Waals surface area contributed by atoms with Crippen molar-refractivity contribution >= 4 is 58.3 Å². The van der Waals surface area contributed by atoms with Crippen LogP contribution in [-0.2, 0) is 82.7 Å². The summed E-state index contributed by atoms with van der Waals surface area (Å²) < 4.78 is 43.9. The Hall–Kier alpha value is -6.28. The number of ether oxygens (including phenoxy) is 8. The predicted molar refractivity (Wildman–Crippen MR) is 277 cm³/mol. The van der Waals surface area contributed by atoms with Crippen LogP contribution in [0, 0.1) is 0 Å². The molecule has 0 bridgehead atoms. The number of H-pyrrole nitrogens is 1. The molecule has 37 heteroatoms. The van der Waals surface area contributed by atoms with Crippen molar-refractivity contribution in [2.75, 3.05) is 46.1 Å². The first-order valence-electron chi connectivity index (χ1n) is 27.2. The molecule has 87 heavy (non-hydrogen) atoms. The summed E-state index contributed by atoms with van der Waals surface area (Å²) in [5.74, 6) is -9.43. The molecule has 1 aromatic heterocycles. The average Bonchev–Trinajstić information content (AvgIpc) is 1.95. The van der Waals surface area contributed by atoms with Gasteiger partial charge in [0, 0.05) is 30.1 Å². The summed E-state index contributed by atoms with van der Waals surface area (Å²) in [5, 5.41) is 155. The topological polar surface area (TPSA) is 587 Å². The highest BCUT2D eigenvalue weighted by molar-refractivity contribution is 5.97. The molecule has 5 fully saturated rings. The van der Waals surface area contributed by atoms with Crippen molar-refractivity contribution in [1.29, 1.82) is 0 Å². The van der Waals surface area contributed by atoms with Crippen molar-refractivity contribution in [3.8, 4) is 0 Å². The van der Waals surface area contributed by atoms with E-state index in [-0.39, 0.29) is 25.8 Å². The van der Waals surface area contributed by atoms with E-state index in [1.54, 1.807) is 30.5 Å². The van der Waals surface area contributed by atoms with Crippen LogP contribution in [0.4, 0.5) is 0 Å². The minimum Gasteiger partial charge on any atom is -0.481 e. The number of benzene rings is 1. The first-order chi connectivity index (χ1) is 41.2. The highest BCUT2D eigenvalue weighted by Gasteiger charge is 2.56. The number of carbonyl (C=O) groups is 8. The Balaban J connectivity index is 0.924. The summed E-state index contributed by atoms with van der Waals surface area (Å²) in [6, 6.07) is 1.05. The summed E-state index contributed by atoms with van der Waals surface area (Å²) >= 11 is 0. The van der Waals surface area contributed by atoms with Gasteiger partial charge in [-0.2, -0.15) is 0 Å². The molecular weight excluding hydrogens is 1180 g/mol. The predicted octanol–water partition coefficient (Wildman–Crippen LogP) is -11.2. The van der Waals surface area contributed by atoms with E-state index >= 15 is 0 Å². The third kappa shape index (κ3) is 16.3. The van der Waals surface area contributed by atoms with E-state index in [0.29, 0.717) is 16.5 Å². The van der Waals surface area contributed by atoms with Crippen LogP contribution >= 0.6 is 0 Å². The third-order valence-electron chi connectivity index (χ3n) is 15.0. The number of aromatic amines is 1. The second kappa shape index (κ2) is 30.3. The minimum absolute atomic E-state index is 0.00837. The number of likely N-dealkylation sites (tertiary alicyclic amines) is 1. The normalized spacial score (nSPS) is 34.7. The smallest absolute Gasteiger partial charge is 0.335 e. The summed E-state index contributed by atoms with van der Waals surface area (Å²) in [7, 11) is 0. The van der Waals surface area contributed by atoms with E-state index in [2.05, 4.69) is 20.9 Å². The zero-order chi connectivity index (χ0) is 63.7. The minimum atomic E-state index is -2.22. The van der Waals surface area contributed by atoms with Gasteiger partial charge in [0.1, 0.15) is 116 Å². The first-order valence-corrected chi connectivity index (χ1v) is 27.2. The molecule has 37 nitrogen and oxygen atoms in total. The Bertz CT molecular complexity index is 2730. The molecule has 0 unspecified atom stereocenters. The molecule has 0 saturated carbocycles. The second-order valence-corrected chi connectivity index (χ2v) is 21.0. The van der Waals surface area contributed by atoms with Crippen LogP contribution < -0.4 is 27.0 Å². The maximum absolute atomic E-state index is 14.4. The van der Waals surface area contributed by atoms with Crippen molar-refractivity contribution in [2.45, 2.75) is 167 Å². The molecule has 5 saturated heterocycles. The molecule has 7 rings (SSSR count). The fourth-order valence-electron chi connectivity index (χ4n) is 10.3. The number of nitrogens with two attached hydrogens (primary N) is 1. The lowest BCUT2D eigenvalue weighted by Crippen LogP contribution is -2.67. The average molecular weight is 1250 g/mol. The van der Waals surface area contributed by atoms with Crippen LogP contribution in [0.25, 0.3) is 10.9 Å². The van der Waals surface area contributed by atoms with Crippen molar-refractivity contribution in [1.82, 2.24) is 31.2 Å². The number of aliphatic hydroxyl groups excluding tert-OH is 11. The van der Waals surface area contributed by atoms with Crippen molar-refractivity contribution < 1.29 is 148 Å². The first kappa shape index (κ1) is 68.2. The Kier molecular flexibility index (Phi) is 23.7. The number of para-hydroxylation sites is 1. The van der Waals surface area contributed by atoms with Crippen LogP contribution in [0.5, 0.6) is 0 Å². The maximum Gasteiger partial charge on any atom is 0.335 e. The van der Waals surface area contributed by atoms with Crippen LogP contribution in [0.15, 0.2) is 30.5 Å². The summed E-state index contributed by atoms with van der Waals surface area (Å²) in [6.07, 6.45) is -37.0. The standard InChI is InChI=1S/C50H71N7O30/c51-19(42(74)53-11-27(60)55-22(8-17-10-52-20-5-2-1-4-18(17)20)45(77)57-7-3-6-23(57)44(76)56-21(9-28(61)62)43(75)54-12-29(63)64)15-80-47-35(70)30(65)26(16-81-47)84-49-37(72)39(31(66)24(13-58)82-49)86-50-38(73)40(32(67)25(14-59)83-50)85-48-36(71)33(68)34(69)41(87-48)46(78)79/h1-2,4-5,10,19,21-26,30-41,47-50,52,58-59,65-73H,3,6-9,11-16,51H2,(H,53,74)(H,54,75)(H,55,60)(H,56,76)(H,61,62)(H,63,64)(H,78,79)/t19-,21-,22-,23-,24+,25+,26+,30-,31-,32-,33-,34-,35+,36+,37+,38+,39-,40-,41-,47+,48+,49-,50-/m0/s1. The van der Waals surface area contributed by atoms with Gasteiger partial charge < -0.3 is 146 Å². The number of aliphatic carboxylic acids is 3. The van der Waals surface area contributed by atoms with Gasteiger partial charge in [0.15, 0.2) is 31.3 Å². The molecule has 21 N–H and O–H groups in total. The van der Waals surface area contributed by atoms with E-state index in [9.17, 15) is 105 Å². The van der Waals surface area contributed by atoms with Gasteiger partial charge in [-0.25, -0.2) is 4.79 Å². The Morgan fingerprint density at radius 1 is 0.667 bits per heavy atom. The number of hydrogen-bond donors (Lipinski definition) is 20. The van der Waals surface area contributed by atoms with Crippen LogP contribution in [-0.4, -0.2) is 316 Å². The van der Waals surface area contributed by atoms with Gasteiger partial charge >= 0.3 is 17.9 Å². The zero-order valence-electron chi connectivity index (χ0n) is 45.8. The van der Waals surface area contributed by atoms with Gasteiger partial charge in [-0.05, 0) is 24.5 Å². The molecule has 1 aromatic carbocycles. The Morgan fingerprint density at radius 2 is 1.26 bits per heavy atom. The number of nitrogens with zero attached hydrogens (tertiary/aromatic N) is 1. The highest BCUT2D eigenvalue weighted by Crippen LogP contribution is 2.34. The lowest BCUT2D eigenvalue weighted by Gasteiger charge is -2.48. The SMILES string of the molecule is N[C@@H](CO[C@@H]1OC[C@@H](O[C@@H]2O[C@H](CO)[C@H](O)[C@H](O[C@@H]3O[C@H](CO)[C@H](O)[C@H](O[C@@H]4O[C@H](C(=O)O)[C@@H](O)[C@H](O)[C@H]4O)[C@H]3O)[C@H]2O)[C@H](O)[C@H]1O)C(=O)NCC(=O)N[C@@H](Cc1c[nH]c2ccccc12)C(=O)N1CCC[C@H]1C(=O)N[C@@H](CC(=O)O)C(=O)NCC(=O)O. The molecule has 0 aliphatic carbocycles. The van der Waals surface area contributed by atoms with Crippen molar-refractivity contribution in [3.05, 3.63) is 36.0 Å².